The molecule has 1 heterocycles. The van der Waals surface area contributed by atoms with Crippen LogP contribution < -0.4 is 0 Å². The summed E-state index contributed by atoms with van der Waals surface area (Å²) in [7, 11) is 0. The van der Waals surface area contributed by atoms with E-state index in [2.05, 4.69) is 114 Å². The molecule has 0 amide bonds. The Morgan fingerprint density at radius 3 is 1.43 bits per heavy atom. The van der Waals surface area contributed by atoms with E-state index in [0.29, 0.717) is 0 Å². The molecule has 144 valence electrons. The minimum Gasteiger partial charge on any atom is -0.341 e. The van der Waals surface area contributed by atoms with Crippen LogP contribution in [0.1, 0.15) is 22.9 Å². The SMILES string of the molecule is c1ccc(-c2nc(C(c3ccccc3)c3ccccc3)[nH]c2-c2ccccc2)cc1. The van der Waals surface area contributed by atoms with Gasteiger partial charge in [0.15, 0.2) is 0 Å². The van der Waals surface area contributed by atoms with Gasteiger partial charge in [-0.15, -0.1) is 0 Å². The predicted octanol–water partition coefficient (Wildman–Crippen LogP) is 6.92. The number of aromatic nitrogens is 2. The normalized spacial score (nSPS) is 11.0. The molecular weight excluding hydrogens is 364 g/mol. The van der Waals surface area contributed by atoms with Crippen molar-refractivity contribution >= 4 is 0 Å². The van der Waals surface area contributed by atoms with Gasteiger partial charge in [0.05, 0.1) is 17.3 Å². The van der Waals surface area contributed by atoms with Crippen molar-refractivity contribution in [2.24, 2.45) is 0 Å². The second-order valence-electron chi connectivity index (χ2n) is 7.33. The summed E-state index contributed by atoms with van der Waals surface area (Å²) in [6.45, 7) is 0. The van der Waals surface area contributed by atoms with Crippen LogP contribution in [-0.4, -0.2) is 9.97 Å². The molecule has 2 nitrogen and oxygen atoms in total. The second-order valence-corrected chi connectivity index (χ2v) is 7.33. The summed E-state index contributed by atoms with van der Waals surface area (Å²) < 4.78 is 0. The zero-order valence-corrected chi connectivity index (χ0v) is 16.6. The van der Waals surface area contributed by atoms with Gasteiger partial charge >= 0.3 is 0 Å². The van der Waals surface area contributed by atoms with Crippen LogP contribution in [0, 0.1) is 0 Å². The average molecular weight is 386 g/mol. The van der Waals surface area contributed by atoms with E-state index in [-0.39, 0.29) is 5.92 Å². The van der Waals surface area contributed by atoms with Gasteiger partial charge in [0.25, 0.3) is 0 Å². The Kier molecular flexibility index (Phi) is 4.97. The fourth-order valence-corrected chi connectivity index (χ4v) is 3.95. The number of nitrogens with one attached hydrogen (secondary N) is 1. The summed E-state index contributed by atoms with van der Waals surface area (Å²) in [5.41, 5.74) is 6.71. The second kappa shape index (κ2) is 8.22. The Labute approximate surface area is 176 Å². The van der Waals surface area contributed by atoms with Crippen molar-refractivity contribution in [3.05, 3.63) is 138 Å². The Bertz CT molecular complexity index is 1110. The van der Waals surface area contributed by atoms with E-state index in [1.807, 2.05) is 12.1 Å². The van der Waals surface area contributed by atoms with E-state index in [4.69, 9.17) is 4.98 Å². The molecular formula is C28H22N2. The summed E-state index contributed by atoms with van der Waals surface area (Å²) in [5, 5.41) is 0. The molecule has 1 N–H and O–H groups in total. The zero-order valence-electron chi connectivity index (χ0n) is 16.6. The molecule has 5 aromatic rings. The smallest absolute Gasteiger partial charge is 0.119 e. The molecule has 0 aliphatic rings. The Morgan fingerprint density at radius 2 is 0.933 bits per heavy atom. The van der Waals surface area contributed by atoms with E-state index in [1.54, 1.807) is 0 Å². The van der Waals surface area contributed by atoms with Gasteiger partial charge in [-0.2, -0.15) is 0 Å². The van der Waals surface area contributed by atoms with Gasteiger partial charge in [0.1, 0.15) is 5.82 Å². The van der Waals surface area contributed by atoms with Gasteiger partial charge in [-0.25, -0.2) is 4.98 Å². The molecule has 4 aromatic carbocycles. The first-order valence-corrected chi connectivity index (χ1v) is 10.2. The van der Waals surface area contributed by atoms with Crippen LogP contribution in [0.5, 0.6) is 0 Å². The zero-order chi connectivity index (χ0) is 20.2. The number of rotatable bonds is 5. The first-order chi connectivity index (χ1) is 14.9. The summed E-state index contributed by atoms with van der Waals surface area (Å²) in [5.74, 6) is 0.984. The molecule has 0 aliphatic carbocycles. The lowest BCUT2D eigenvalue weighted by atomic mass is 9.91. The molecule has 0 bridgehead atoms. The van der Waals surface area contributed by atoms with Crippen LogP contribution in [0.2, 0.25) is 0 Å². The van der Waals surface area contributed by atoms with Gasteiger partial charge in [-0.1, -0.05) is 121 Å². The molecule has 0 unspecified atom stereocenters. The van der Waals surface area contributed by atoms with E-state index < -0.39 is 0 Å². The van der Waals surface area contributed by atoms with E-state index in [9.17, 15) is 0 Å². The van der Waals surface area contributed by atoms with Crippen molar-refractivity contribution in [2.45, 2.75) is 5.92 Å². The molecule has 5 rings (SSSR count). The van der Waals surface area contributed by atoms with E-state index in [1.165, 1.54) is 11.1 Å². The lowest BCUT2D eigenvalue weighted by molar-refractivity contribution is 0.886. The largest absolute Gasteiger partial charge is 0.341 e. The van der Waals surface area contributed by atoms with Crippen LogP contribution >= 0.6 is 0 Å². The van der Waals surface area contributed by atoms with Crippen LogP contribution in [0.4, 0.5) is 0 Å². The minimum absolute atomic E-state index is 0.0346. The lowest BCUT2D eigenvalue weighted by Gasteiger charge is -2.16. The fraction of sp³-hybridized carbons (Fsp3) is 0.0357. The summed E-state index contributed by atoms with van der Waals surface area (Å²) in [6, 6.07) is 42.0. The van der Waals surface area contributed by atoms with Crippen molar-refractivity contribution in [3.63, 3.8) is 0 Å². The third-order valence-corrected chi connectivity index (χ3v) is 5.37. The van der Waals surface area contributed by atoms with Crippen molar-refractivity contribution in [1.29, 1.82) is 0 Å². The van der Waals surface area contributed by atoms with Crippen LogP contribution in [-0.2, 0) is 0 Å². The summed E-state index contributed by atoms with van der Waals surface area (Å²) >= 11 is 0. The molecule has 30 heavy (non-hydrogen) atoms. The Balaban J connectivity index is 1.72. The number of aromatic amines is 1. The maximum Gasteiger partial charge on any atom is 0.119 e. The summed E-state index contributed by atoms with van der Waals surface area (Å²) in [4.78, 5) is 8.84. The van der Waals surface area contributed by atoms with Crippen LogP contribution in [0.15, 0.2) is 121 Å². The third-order valence-electron chi connectivity index (χ3n) is 5.37. The fourth-order valence-electron chi connectivity index (χ4n) is 3.95. The van der Waals surface area contributed by atoms with Crippen LogP contribution in [0.3, 0.4) is 0 Å². The highest BCUT2D eigenvalue weighted by molar-refractivity contribution is 5.78. The van der Waals surface area contributed by atoms with Crippen molar-refractivity contribution in [2.75, 3.05) is 0 Å². The average Bonchev–Trinajstić information content (AvgIpc) is 3.27. The number of H-pyrrole nitrogens is 1. The minimum atomic E-state index is 0.0346. The van der Waals surface area contributed by atoms with Crippen molar-refractivity contribution in [1.82, 2.24) is 9.97 Å². The molecule has 0 atom stereocenters. The number of imidazole rings is 1. The first-order valence-electron chi connectivity index (χ1n) is 10.2. The van der Waals surface area contributed by atoms with Crippen molar-refractivity contribution in [3.8, 4) is 22.5 Å². The van der Waals surface area contributed by atoms with E-state index in [0.717, 1.165) is 28.3 Å². The number of benzene rings is 4. The highest BCUT2D eigenvalue weighted by Gasteiger charge is 2.23. The first kappa shape index (κ1) is 18.1. The van der Waals surface area contributed by atoms with Gasteiger partial charge in [0, 0.05) is 11.1 Å². The van der Waals surface area contributed by atoms with Crippen LogP contribution in [0.25, 0.3) is 22.5 Å². The van der Waals surface area contributed by atoms with Gasteiger partial charge < -0.3 is 4.98 Å². The monoisotopic (exact) mass is 386 g/mol. The molecule has 1 aromatic heterocycles. The number of nitrogens with zero attached hydrogens (tertiary/aromatic N) is 1. The molecule has 0 spiro atoms. The third kappa shape index (κ3) is 3.56. The topological polar surface area (TPSA) is 28.7 Å². The Hall–Kier alpha value is -3.91. The van der Waals surface area contributed by atoms with Gasteiger partial charge in [-0.3, -0.25) is 0 Å². The molecule has 0 fully saturated rings. The molecule has 2 heteroatoms. The van der Waals surface area contributed by atoms with Gasteiger partial charge in [-0.05, 0) is 11.1 Å². The number of hydrogen-bond donors (Lipinski definition) is 1. The van der Waals surface area contributed by atoms with E-state index >= 15 is 0 Å². The summed E-state index contributed by atoms with van der Waals surface area (Å²) in [6.07, 6.45) is 0. The molecule has 0 aliphatic heterocycles. The highest BCUT2D eigenvalue weighted by atomic mass is 14.9. The quantitative estimate of drug-likeness (QED) is 0.349. The highest BCUT2D eigenvalue weighted by Crippen LogP contribution is 2.36. The van der Waals surface area contributed by atoms with Crippen molar-refractivity contribution < 1.29 is 0 Å². The molecule has 0 saturated heterocycles. The lowest BCUT2D eigenvalue weighted by Crippen LogP contribution is -2.05. The maximum atomic E-state index is 5.15. The number of hydrogen-bond acceptors (Lipinski definition) is 1. The van der Waals surface area contributed by atoms with Gasteiger partial charge in [0.2, 0.25) is 0 Å². The standard InChI is InChI=1S/C28H22N2/c1-5-13-21(14-6-1)25(22-15-7-2-8-16-22)28-29-26(23-17-9-3-10-18-23)27(30-28)24-19-11-4-12-20-24/h1-20,25H,(H,29,30). The molecule has 0 saturated carbocycles. The predicted molar refractivity (Wildman–Crippen MR) is 123 cm³/mol. The molecule has 0 radical (unpaired) electrons. The Morgan fingerprint density at radius 1 is 0.500 bits per heavy atom. The maximum absolute atomic E-state index is 5.15.